The first kappa shape index (κ1) is 22.7. The molecule has 2 aliphatic rings. The highest BCUT2D eigenvalue weighted by molar-refractivity contribution is 5.90. The molecular formula is C28H26N2O5. The van der Waals surface area contributed by atoms with Crippen LogP contribution < -0.4 is 5.32 Å². The van der Waals surface area contributed by atoms with Crippen molar-refractivity contribution >= 4 is 18.0 Å². The molecule has 7 nitrogen and oxygen atoms in total. The maximum absolute atomic E-state index is 13.1. The van der Waals surface area contributed by atoms with Gasteiger partial charge in [0.1, 0.15) is 12.6 Å². The van der Waals surface area contributed by atoms with Gasteiger partial charge in [0.05, 0.1) is 0 Å². The van der Waals surface area contributed by atoms with Gasteiger partial charge < -0.3 is 20.1 Å². The third-order valence-electron chi connectivity index (χ3n) is 6.85. The fraction of sp³-hybridized carbons (Fsp3) is 0.250. The van der Waals surface area contributed by atoms with E-state index in [1.807, 2.05) is 48.5 Å². The van der Waals surface area contributed by atoms with Crippen LogP contribution in [0, 0.1) is 0 Å². The van der Waals surface area contributed by atoms with Crippen LogP contribution in [0.5, 0.6) is 0 Å². The summed E-state index contributed by atoms with van der Waals surface area (Å²) in [7, 11) is 0. The van der Waals surface area contributed by atoms with Crippen molar-refractivity contribution in [2.45, 2.75) is 31.3 Å². The number of carboxylic acid groups (broad SMARTS) is 1. The molecule has 1 aliphatic carbocycles. The lowest BCUT2D eigenvalue weighted by Gasteiger charge is -2.36. The summed E-state index contributed by atoms with van der Waals surface area (Å²) in [4.78, 5) is 39.1. The molecule has 2 amide bonds. The Labute approximate surface area is 203 Å². The molecule has 178 valence electrons. The normalized spacial score (nSPS) is 17.1. The summed E-state index contributed by atoms with van der Waals surface area (Å²) in [6.45, 7) is 1.95. The lowest BCUT2D eigenvalue weighted by atomic mass is 9.92. The maximum atomic E-state index is 13.1. The molecule has 0 spiro atoms. The van der Waals surface area contributed by atoms with Crippen molar-refractivity contribution in [2.24, 2.45) is 0 Å². The first-order valence-electron chi connectivity index (χ1n) is 11.7. The number of alkyl carbamates (subject to hydrolysis) is 1. The number of hydrogen-bond donors (Lipinski definition) is 2. The number of hydrogen-bond acceptors (Lipinski definition) is 4. The monoisotopic (exact) mass is 470 g/mol. The minimum Gasteiger partial charge on any atom is -0.479 e. The van der Waals surface area contributed by atoms with Crippen LogP contribution in [0.4, 0.5) is 4.79 Å². The van der Waals surface area contributed by atoms with E-state index in [-0.39, 0.29) is 19.1 Å². The first-order chi connectivity index (χ1) is 17.0. The highest BCUT2D eigenvalue weighted by Crippen LogP contribution is 2.44. The number of benzene rings is 3. The Morgan fingerprint density at radius 1 is 0.943 bits per heavy atom. The quantitative estimate of drug-likeness (QED) is 0.585. The van der Waals surface area contributed by atoms with Crippen molar-refractivity contribution in [3.05, 3.63) is 95.1 Å². The summed E-state index contributed by atoms with van der Waals surface area (Å²) in [6.07, 6.45) is -0.152. The van der Waals surface area contributed by atoms with E-state index in [0.29, 0.717) is 12.0 Å². The first-order valence-corrected chi connectivity index (χ1v) is 11.7. The van der Waals surface area contributed by atoms with Crippen LogP contribution in [-0.4, -0.2) is 47.2 Å². The number of aliphatic carboxylic acids is 1. The standard InChI is InChI=1S/C28H26N2O5/c1-17(26(31)30-15-14-18-8-2-3-9-19(18)25(30)27(32)33)29-28(34)35-16-24-22-12-6-4-10-20(22)21-11-5-7-13-23(21)24/h2-13,17,24-25H,14-16H2,1H3,(H,29,34)(H,32,33). The van der Waals surface area contributed by atoms with Crippen LogP contribution in [0.1, 0.15) is 41.1 Å². The van der Waals surface area contributed by atoms with E-state index >= 15 is 0 Å². The third kappa shape index (κ3) is 4.14. The third-order valence-corrected chi connectivity index (χ3v) is 6.85. The number of nitrogens with one attached hydrogen (secondary N) is 1. The van der Waals surface area contributed by atoms with Crippen molar-refractivity contribution in [2.75, 3.05) is 13.2 Å². The van der Waals surface area contributed by atoms with Crippen molar-refractivity contribution in [1.29, 1.82) is 0 Å². The smallest absolute Gasteiger partial charge is 0.407 e. The number of rotatable bonds is 5. The number of carbonyl (C=O) groups is 3. The second-order valence-corrected chi connectivity index (χ2v) is 8.91. The SMILES string of the molecule is CC(NC(=O)OCC1c2ccccc2-c2ccccc21)C(=O)N1CCc2ccccc2C1C(=O)O. The summed E-state index contributed by atoms with van der Waals surface area (Å²) in [5, 5.41) is 12.4. The van der Waals surface area contributed by atoms with Crippen molar-refractivity contribution in [1.82, 2.24) is 10.2 Å². The van der Waals surface area contributed by atoms with Crippen LogP contribution in [0.2, 0.25) is 0 Å². The minimum atomic E-state index is -1.10. The molecule has 0 saturated carbocycles. The lowest BCUT2D eigenvalue weighted by molar-refractivity contribution is -0.151. The Hall–Kier alpha value is -4.13. The Kier molecular flexibility index (Phi) is 5.99. The van der Waals surface area contributed by atoms with Gasteiger partial charge in [-0.1, -0.05) is 72.8 Å². The number of nitrogens with zero attached hydrogens (tertiary/aromatic N) is 1. The Morgan fingerprint density at radius 2 is 1.51 bits per heavy atom. The van der Waals surface area contributed by atoms with Gasteiger partial charge in [-0.25, -0.2) is 9.59 Å². The largest absolute Gasteiger partial charge is 0.479 e. The average molecular weight is 471 g/mol. The van der Waals surface area contributed by atoms with Crippen LogP contribution in [0.3, 0.4) is 0 Å². The zero-order valence-electron chi connectivity index (χ0n) is 19.3. The van der Waals surface area contributed by atoms with E-state index < -0.39 is 30.1 Å². The molecule has 2 atom stereocenters. The molecule has 7 heteroatoms. The molecule has 35 heavy (non-hydrogen) atoms. The summed E-state index contributed by atoms with van der Waals surface area (Å²) in [5.74, 6) is -1.65. The van der Waals surface area contributed by atoms with E-state index in [1.54, 1.807) is 19.1 Å². The van der Waals surface area contributed by atoms with Gasteiger partial charge in [0.25, 0.3) is 0 Å². The van der Waals surface area contributed by atoms with E-state index in [1.165, 1.54) is 4.90 Å². The molecule has 0 aromatic heterocycles. The van der Waals surface area contributed by atoms with E-state index in [2.05, 4.69) is 17.4 Å². The van der Waals surface area contributed by atoms with E-state index in [0.717, 1.165) is 27.8 Å². The number of carboxylic acids is 1. The molecule has 2 N–H and O–H groups in total. The highest BCUT2D eigenvalue weighted by atomic mass is 16.5. The summed E-state index contributed by atoms with van der Waals surface area (Å²) in [5.41, 5.74) is 5.98. The minimum absolute atomic E-state index is 0.0888. The number of carbonyl (C=O) groups excluding carboxylic acids is 2. The van der Waals surface area contributed by atoms with E-state index in [4.69, 9.17) is 4.74 Å². The molecule has 1 heterocycles. The summed E-state index contributed by atoms with van der Waals surface area (Å²) in [6, 6.07) is 21.3. The second-order valence-electron chi connectivity index (χ2n) is 8.91. The number of amides is 2. The zero-order valence-corrected chi connectivity index (χ0v) is 19.3. The predicted octanol–water partition coefficient (Wildman–Crippen LogP) is 4.12. The summed E-state index contributed by atoms with van der Waals surface area (Å²) < 4.78 is 5.54. The molecule has 0 radical (unpaired) electrons. The molecule has 5 rings (SSSR count). The number of fused-ring (bicyclic) bond motifs is 4. The van der Waals surface area contributed by atoms with Crippen LogP contribution in [0.25, 0.3) is 11.1 Å². The molecule has 3 aromatic rings. The van der Waals surface area contributed by atoms with Gasteiger partial charge in [-0.15, -0.1) is 0 Å². The highest BCUT2D eigenvalue weighted by Gasteiger charge is 2.38. The fourth-order valence-corrected chi connectivity index (χ4v) is 5.20. The lowest BCUT2D eigenvalue weighted by Crippen LogP contribution is -2.51. The average Bonchev–Trinajstić information content (AvgIpc) is 3.19. The molecule has 0 bridgehead atoms. The van der Waals surface area contributed by atoms with Gasteiger partial charge in [-0.2, -0.15) is 0 Å². The molecule has 0 saturated heterocycles. The van der Waals surface area contributed by atoms with Gasteiger partial charge in [-0.3, -0.25) is 4.79 Å². The van der Waals surface area contributed by atoms with Crippen LogP contribution >= 0.6 is 0 Å². The molecule has 3 aromatic carbocycles. The molecule has 1 aliphatic heterocycles. The second kappa shape index (κ2) is 9.25. The van der Waals surface area contributed by atoms with Crippen LogP contribution in [-0.2, 0) is 20.7 Å². The van der Waals surface area contributed by atoms with E-state index in [9.17, 15) is 19.5 Å². The van der Waals surface area contributed by atoms with Crippen molar-refractivity contribution in [3.8, 4) is 11.1 Å². The predicted molar refractivity (Wildman–Crippen MR) is 130 cm³/mol. The molecule has 0 fully saturated rings. The Bertz CT molecular complexity index is 1260. The van der Waals surface area contributed by atoms with Crippen molar-refractivity contribution in [3.63, 3.8) is 0 Å². The fourth-order valence-electron chi connectivity index (χ4n) is 5.20. The topological polar surface area (TPSA) is 95.9 Å². The van der Waals surface area contributed by atoms with Gasteiger partial charge in [0, 0.05) is 12.5 Å². The Morgan fingerprint density at radius 3 is 2.14 bits per heavy atom. The zero-order chi connectivity index (χ0) is 24.5. The van der Waals surface area contributed by atoms with Gasteiger partial charge in [-0.05, 0) is 46.7 Å². The summed E-state index contributed by atoms with van der Waals surface area (Å²) >= 11 is 0. The van der Waals surface area contributed by atoms with Crippen molar-refractivity contribution < 1.29 is 24.2 Å². The Balaban J connectivity index is 1.25. The molecule has 2 unspecified atom stereocenters. The molecular weight excluding hydrogens is 444 g/mol. The number of ether oxygens (including phenoxy) is 1. The van der Waals surface area contributed by atoms with Gasteiger partial charge >= 0.3 is 12.1 Å². The van der Waals surface area contributed by atoms with Gasteiger partial charge in [0.2, 0.25) is 5.91 Å². The van der Waals surface area contributed by atoms with Crippen LogP contribution in [0.15, 0.2) is 72.8 Å². The maximum Gasteiger partial charge on any atom is 0.407 e. The van der Waals surface area contributed by atoms with Gasteiger partial charge in [0.15, 0.2) is 6.04 Å².